The van der Waals surface area contributed by atoms with Crippen LogP contribution >= 0.6 is 24.2 Å². The Morgan fingerprint density at radius 3 is 3.00 bits per heavy atom. The summed E-state index contributed by atoms with van der Waals surface area (Å²) in [5.74, 6) is 1.28. The Morgan fingerprint density at radius 2 is 2.33 bits per heavy atom. The molecule has 2 heterocycles. The van der Waals surface area contributed by atoms with Gasteiger partial charge < -0.3 is 15.0 Å². The third kappa shape index (κ3) is 3.76. The zero-order valence-electron chi connectivity index (χ0n) is 11.1. The predicted octanol–water partition coefficient (Wildman–Crippen LogP) is 1.14. The Hall–Kier alpha value is 0.0300. The Labute approximate surface area is 120 Å². The van der Waals surface area contributed by atoms with Gasteiger partial charge in [-0.15, -0.1) is 12.4 Å². The van der Waals surface area contributed by atoms with E-state index in [9.17, 15) is 4.79 Å². The topological polar surface area (TPSA) is 41.6 Å². The van der Waals surface area contributed by atoms with E-state index in [2.05, 4.69) is 12.2 Å². The normalized spacial score (nSPS) is 32.8. The third-order valence-corrected chi connectivity index (χ3v) is 4.86. The largest absolute Gasteiger partial charge is 0.375 e. The number of carbonyl (C=O) groups is 1. The first-order chi connectivity index (χ1) is 8.22. The highest BCUT2D eigenvalue weighted by Gasteiger charge is 2.33. The number of carbonyl (C=O) groups excluding carboxylic acids is 1. The molecule has 106 valence electrons. The molecule has 6 heteroatoms. The highest BCUT2D eigenvalue weighted by atomic mass is 35.5. The molecule has 2 fully saturated rings. The second-order valence-electron chi connectivity index (χ2n) is 4.69. The molecule has 0 aromatic rings. The van der Waals surface area contributed by atoms with Gasteiger partial charge in [0, 0.05) is 30.6 Å². The fourth-order valence-corrected chi connectivity index (χ4v) is 3.55. The number of rotatable bonds is 2. The third-order valence-electron chi connectivity index (χ3n) is 3.49. The molecule has 18 heavy (non-hydrogen) atoms. The first kappa shape index (κ1) is 16.1. The van der Waals surface area contributed by atoms with E-state index in [1.165, 1.54) is 0 Å². The van der Waals surface area contributed by atoms with Crippen LogP contribution in [0.2, 0.25) is 0 Å². The molecule has 2 aliphatic heterocycles. The van der Waals surface area contributed by atoms with E-state index in [1.807, 2.05) is 23.6 Å². The number of nitrogens with zero attached hydrogens (tertiary/aromatic N) is 1. The molecular weight excluding hydrogens is 272 g/mol. The Morgan fingerprint density at radius 1 is 1.56 bits per heavy atom. The van der Waals surface area contributed by atoms with Crippen molar-refractivity contribution in [1.29, 1.82) is 0 Å². The lowest BCUT2D eigenvalue weighted by atomic mass is 10.1. The van der Waals surface area contributed by atoms with Crippen molar-refractivity contribution in [3.63, 3.8) is 0 Å². The van der Waals surface area contributed by atoms with Crippen LogP contribution in [-0.2, 0) is 9.53 Å². The second-order valence-corrected chi connectivity index (χ2v) is 6.10. The minimum absolute atomic E-state index is 0. The summed E-state index contributed by atoms with van der Waals surface area (Å²) in [6.45, 7) is 7.43. The summed E-state index contributed by atoms with van der Waals surface area (Å²) in [5.41, 5.74) is 0. The maximum atomic E-state index is 12.4. The van der Waals surface area contributed by atoms with E-state index in [0.29, 0.717) is 11.9 Å². The van der Waals surface area contributed by atoms with Crippen molar-refractivity contribution in [3.8, 4) is 0 Å². The van der Waals surface area contributed by atoms with E-state index in [-0.39, 0.29) is 30.5 Å². The number of hydrogen-bond donors (Lipinski definition) is 1. The maximum Gasteiger partial charge on any atom is 0.242 e. The molecule has 0 aromatic carbocycles. The van der Waals surface area contributed by atoms with Crippen molar-refractivity contribution in [2.45, 2.75) is 37.7 Å². The summed E-state index contributed by atoms with van der Waals surface area (Å²) >= 11 is 1.99. The van der Waals surface area contributed by atoms with Crippen LogP contribution in [0.5, 0.6) is 0 Å². The summed E-state index contributed by atoms with van der Waals surface area (Å²) in [6.07, 6.45) is 1.13. The van der Waals surface area contributed by atoms with Gasteiger partial charge in [0.2, 0.25) is 5.91 Å². The van der Waals surface area contributed by atoms with Crippen molar-refractivity contribution < 1.29 is 9.53 Å². The van der Waals surface area contributed by atoms with Crippen molar-refractivity contribution >= 4 is 30.1 Å². The van der Waals surface area contributed by atoms with E-state index in [4.69, 9.17) is 4.74 Å². The van der Waals surface area contributed by atoms with Gasteiger partial charge in [-0.3, -0.25) is 4.79 Å². The van der Waals surface area contributed by atoms with Crippen molar-refractivity contribution in [1.82, 2.24) is 10.2 Å². The zero-order chi connectivity index (χ0) is 12.3. The summed E-state index contributed by atoms with van der Waals surface area (Å²) in [6, 6.07) is -0.149. The summed E-state index contributed by atoms with van der Waals surface area (Å²) in [4.78, 5) is 14.4. The maximum absolute atomic E-state index is 12.4. The average molecular weight is 295 g/mol. The molecule has 4 nitrogen and oxygen atoms in total. The van der Waals surface area contributed by atoms with Gasteiger partial charge in [0.1, 0.15) is 6.04 Å². The van der Waals surface area contributed by atoms with Crippen LogP contribution in [0.25, 0.3) is 0 Å². The Bertz CT molecular complexity index is 281. The first-order valence-electron chi connectivity index (χ1n) is 6.47. The van der Waals surface area contributed by atoms with Crippen molar-refractivity contribution in [2.24, 2.45) is 0 Å². The van der Waals surface area contributed by atoms with E-state index >= 15 is 0 Å². The van der Waals surface area contributed by atoms with Gasteiger partial charge in [0.05, 0.1) is 12.7 Å². The molecule has 0 spiro atoms. The van der Waals surface area contributed by atoms with Crippen LogP contribution in [-0.4, -0.2) is 60.2 Å². The molecule has 2 saturated heterocycles. The molecule has 1 N–H and O–H groups in total. The SMILES string of the molecule is CCC1CN(C(=O)[C@H]2NCCO[C@@H]2C)CCS1.Cl. The highest BCUT2D eigenvalue weighted by Crippen LogP contribution is 2.22. The molecule has 2 rings (SSSR count). The van der Waals surface area contributed by atoms with E-state index < -0.39 is 0 Å². The molecule has 3 atom stereocenters. The van der Waals surface area contributed by atoms with E-state index in [0.717, 1.165) is 31.8 Å². The van der Waals surface area contributed by atoms with Gasteiger partial charge >= 0.3 is 0 Å². The predicted molar refractivity (Wildman–Crippen MR) is 77.6 cm³/mol. The zero-order valence-corrected chi connectivity index (χ0v) is 12.7. The van der Waals surface area contributed by atoms with Gasteiger partial charge in [0.15, 0.2) is 0 Å². The summed E-state index contributed by atoms with van der Waals surface area (Å²) in [5, 5.41) is 3.88. The van der Waals surface area contributed by atoms with E-state index in [1.54, 1.807) is 0 Å². The first-order valence-corrected chi connectivity index (χ1v) is 7.52. The monoisotopic (exact) mass is 294 g/mol. The van der Waals surface area contributed by atoms with Crippen LogP contribution in [0, 0.1) is 0 Å². The number of halogens is 1. The molecule has 2 aliphatic rings. The highest BCUT2D eigenvalue weighted by molar-refractivity contribution is 8.00. The minimum atomic E-state index is -0.149. The molecule has 0 saturated carbocycles. The van der Waals surface area contributed by atoms with Crippen LogP contribution in [0.4, 0.5) is 0 Å². The van der Waals surface area contributed by atoms with Crippen LogP contribution in [0.3, 0.4) is 0 Å². The molecule has 0 aliphatic carbocycles. The minimum Gasteiger partial charge on any atom is -0.375 e. The van der Waals surface area contributed by atoms with Gasteiger partial charge in [-0.2, -0.15) is 11.8 Å². The van der Waals surface area contributed by atoms with Crippen molar-refractivity contribution in [2.75, 3.05) is 32.0 Å². The van der Waals surface area contributed by atoms with Gasteiger partial charge in [-0.05, 0) is 13.3 Å². The van der Waals surface area contributed by atoms with Gasteiger partial charge in [-0.25, -0.2) is 0 Å². The number of thioether (sulfide) groups is 1. The molecule has 1 amide bonds. The number of ether oxygens (including phenoxy) is 1. The molecule has 0 aromatic heterocycles. The summed E-state index contributed by atoms with van der Waals surface area (Å²) in [7, 11) is 0. The van der Waals surface area contributed by atoms with Crippen LogP contribution in [0.15, 0.2) is 0 Å². The lowest BCUT2D eigenvalue weighted by Crippen LogP contribution is -2.58. The Balaban J connectivity index is 0.00000162. The average Bonchev–Trinajstić information content (AvgIpc) is 2.38. The summed E-state index contributed by atoms with van der Waals surface area (Å²) < 4.78 is 5.54. The fraction of sp³-hybridized carbons (Fsp3) is 0.917. The van der Waals surface area contributed by atoms with Gasteiger partial charge in [-0.1, -0.05) is 6.92 Å². The van der Waals surface area contributed by atoms with Crippen LogP contribution in [0.1, 0.15) is 20.3 Å². The number of amides is 1. The lowest BCUT2D eigenvalue weighted by molar-refractivity contribution is -0.139. The lowest BCUT2D eigenvalue weighted by Gasteiger charge is -2.37. The quantitative estimate of drug-likeness (QED) is 0.829. The number of hydrogen-bond acceptors (Lipinski definition) is 4. The standard InChI is InChI=1S/C12H22N2O2S.ClH/c1-3-10-8-14(5-7-17-10)12(15)11-9(2)16-6-4-13-11;/h9-11,13H,3-8H2,1-2H3;1H/t9-,10?,11+;/m1./s1. The van der Waals surface area contributed by atoms with Gasteiger partial charge in [0.25, 0.3) is 0 Å². The molecule has 0 radical (unpaired) electrons. The second kappa shape index (κ2) is 7.58. The smallest absolute Gasteiger partial charge is 0.242 e. The van der Waals surface area contributed by atoms with Crippen LogP contribution < -0.4 is 5.32 Å². The molecule has 1 unspecified atom stereocenters. The fourth-order valence-electron chi connectivity index (χ4n) is 2.37. The number of nitrogens with one attached hydrogen (secondary N) is 1. The van der Waals surface area contributed by atoms with Crippen molar-refractivity contribution in [3.05, 3.63) is 0 Å². The Kier molecular flexibility index (Phi) is 6.77. The number of morpholine rings is 1. The molecular formula is C12H23ClN2O2S. The molecule has 0 bridgehead atoms.